The van der Waals surface area contributed by atoms with Gasteiger partial charge in [0.25, 0.3) is 0 Å². The maximum atomic E-state index is 5.38. The highest BCUT2D eigenvalue weighted by atomic mass is 32.1. The molecule has 1 N–H and O–H groups in total. The summed E-state index contributed by atoms with van der Waals surface area (Å²) in [6, 6.07) is 10.3. The Balaban J connectivity index is 1.86. The third kappa shape index (κ3) is 2.73. The second-order valence-corrected chi connectivity index (χ2v) is 5.96. The number of hydrogen-bond acceptors (Lipinski definition) is 3. The van der Waals surface area contributed by atoms with Gasteiger partial charge in [-0.25, -0.2) is 4.98 Å². The molecule has 2 aromatic heterocycles. The molecule has 0 spiro atoms. The Morgan fingerprint density at radius 3 is 2.80 bits per heavy atom. The molecule has 0 atom stereocenters. The molecule has 0 amide bonds. The van der Waals surface area contributed by atoms with E-state index in [4.69, 9.17) is 12.2 Å². The summed E-state index contributed by atoms with van der Waals surface area (Å²) in [5.41, 5.74) is 3.39. The number of H-pyrrole nitrogens is 1. The van der Waals surface area contributed by atoms with Crippen LogP contribution in [0.25, 0.3) is 11.3 Å². The number of nitrogens with one attached hydrogen (secondary N) is 1. The Hall–Kier alpha value is -1.72. The van der Waals surface area contributed by atoms with Gasteiger partial charge in [-0.1, -0.05) is 30.3 Å². The third-order valence-corrected chi connectivity index (χ3v) is 4.52. The van der Waals surface area contributed by atoms with Gasteiger partial charge in [0.1, 0.15) is 0 Å². The Morgan fingerprint density at radius 2 is 2.10 bits per heavy atom. The molecule has 102 valence electrons. The maximum absolute atomic E-state index is 5.38. The number of aromatic amines is 1. The molecule has 0 aliphatic carbocycles. The predicted octanol–water partition coefficient (Wildman–Crippen LogP) is 4.22. The summed E-state index contributed by atoms with van der Waals surface area (Å²) < 4.78 is 2.90. The van der Waals surface area contributed by atoms with E-state index in [1.165, 1.54) is 5.56 Å². The van der Waals surface area contributed by atoms with Crippen LogP contribution in [0.15, 0.2) is 41.9 Å². The fourth-order valence-electron chi connectivity index (χ4n) is 2.19. The molecule has 0 radical (unpaired) electrons. The number of rotatable bonds is 4. The van der Waals surface area contributed by atoms with Crippen LogP contribution in [0.3, 0.4) is 0 Å². The molecule has 1 aromatic carbocycles. The summed E-state index contributed by atoms with van der Waals surface area (Å²) in [6.07, 6.45) is 2.88. The molecule has 0 aliphatic heterocycles. The second kappa shape index (κ2) is 5.73. The fourth-order valence-corrected chi connectivity index (χ4v) is 3.20. The molecule has 3 rings (SSSR count). The van der Waals surface area contributed by atoms with E-state index in [9.17, 15) is 0 Å². The zero-order valence-corrected chi connectivity index (χ0v) is 12.8. The highest BCUT2D eigenvalue weighted by molar-refractivity contribution is 7.71. The quantitative estimate of drug-likeness (QED) is 0.732. The number of benzene rings is 1. The van der Waals surface area contributed by atoms with Crippen LogP contribution in [-0.4, -0.2) is 14.5 Å². The second-order valence-electron chi connectivity index (χ2n) is 4.63. The summed E-state index contributed by atoms with van der Waals surface area (Å²) in [4.78, 5) is 7.64. The first-order valence-electron chi connectivity index (χ1n) is 6.48. The van der Waals surface area contributed by atoms with Gasteiger partial charge in [0.15, 0.2) is 4.77 Å². The molecular weight excluding hydrogens is 286 g/mol. The van der Waals surface area contributed by atoms with Gasteiger partial charge in [-0.2, -0.15) is 0 Å². The lowest BCUT2D eigenvalue weighted by atomic mass is 10.2. The van der Waals surface area contributed by atoms with Crippen LogP contribution in [0.2, 0.25) is 0 Å². The zero-order valence-electron chi connectivity index (χ0n) is 11.2. The number of aromatic nitrogens is 3. The van der Waals surface area contributed by atoms with E-state index >= 15 is 0 Å². The lowest BCUT2D eigenvalue weighted by molar-refractivity contribution is 0.689. The van der Waals surface area contributed by atoms with Crippen molar-refractivity contribution in [3.05, 3.63) is 57.4 Å². The number of thiazole rings is 1. The lowest BCUT2D eigenvalue weighted by Gasteiger charge is -2.07. The highest BCUT2D eigenvalue weighted by Gasteiger charge is 2.07. The van der Waals surface area contributed by atoms with E-state index in [-0.39, 0.29) is 0 Å². The van der Waals surface area contributed by atoms with Gasteiger partial charge in [0, 0.05) is 30.2 Å². The van der Waals surface area contributed by atoms with Crippen molar-refractivity contribution < 1.29 is 0 Å². The normalized spacial score (nSPS) is 10.8. The summed E-state index contributed by atoms with van der Waals surface area (Å²) in [5.74, 6) is 0. The van der Waals surface area contributed by atoms with Gasteiger partial charge in [0.05, 0.1) is 10.7 Å². The van der Waals surface area contributed by atoms with E-state index < -0.39 is 0 Å². The SMILES string of the molecule is Cc1csc(CCn2c(-c3ccccc3)c[nH]c2=S)n1. The van der Waals surface area contributed by atoms with Crippen molar-refractivity contribution in [1.82, 2.24) is 14.5 Å². The summed E-state index contributed by atoms with van der Waals surface area (Å²) in [6.45, 7) is 2.87. The maximum Gasteiger partial charge on any atom is 0.177 e. The fraction of sp³-hybridized carbons (Fsp3) is 0.200. The number of aryl methyl sites for hydroxylation is 2. The minimum atomic E-state index is 0.761. The zero-order chi connectivity index (χ0) is 13.9. The molecule has 5 heteroatoms. The average molecular weight is 301 g/mol. The highest BCUT2D eigenvalue weighted by Crippen LogP contribution is 2.20. The van der Waals surface area contributed by atoms with Crippen LogP contribution in [0.5, 0.6) is 0 Å². The van der Waals surface area contributed by atoms with Crippen LogP contribution in [0.1, 0.15) is 10.7 Å². The molecule has 0 saturated heterocycles. The first-order chi connectivity index (χ1) is 9.74. The van der Waals surface area contributed by atoms with E-state index in [0.29, 0.717) is 0 Å². The monoisotopic (exact) mass is 301 g/mol. The van der Waals surface area contributed by atoms with Crippen LogP contribution < -0.4 is 0 Å². The Bertz CT molecular complexity index is 753. The predicted molar refractivity (Wildman–Crippen MR) is 85.6 cm³/mol. The Labute approximate surface area is 126 Å². The van der Waals surface area contributed by atoms with Crippen molar-refractivity contribution in [2.24, 2.45) is 0 Å². The molecule has 3 nitrogen and oxygen atoms in total. The number of nitrogens with zero attached hydrogens (tertiary/aromatic N) is 2. The van der Waals surface area contributed by atoms with E-state index in [2.05, 4.69) is 32.0 Å². The first-order valence-corrected chi connectivity index (χ1v) is 7.77. The van der Waals surface area contributed by atoms with Gasteiger partial charge < -0.3 is 9.55 Å². The van der Waals surface area contributed by atoms with Crippen molar-refractivity contribution in [3.8, 4) is 11.3 Å². The molecule has 0 bridgehead atoms. The third-order valence-electron chi connectivity index (χ3n) is 3.15. The van der Waals surface area contributed by atoms with Crippen molar-refractivity contribution in [1.29, 1.82) is 0 Å². The lowest BCUT2D eigenvalue weighted by Crippen LogP contribution is -2.03. The smallest absolute Gasteiger partial charge is 0.177 e. The van der Waals surface area contributed by atoms with Gasteiger partial charge in [-0.3, -0.25) is 0 Å². The largest absolute Gasteiger partial charge is 0.337 e. The number of imidazole rings is 1. The summed E-state index contributed by atoms with van der Waals surface area (Å²) in [7, 11) is 0. The van der Waals surface area contributed by atoms with Crippen molar-refractivity contribution in [2.75, 3.05) is 0 Å². The minimum Gasteiger partial charge on any atom is -0.337 e. The number of hydrogen-bond donors (Lipinski definition) is 1. The van der Waals surface area contributed by atoms with Gasteiger partial charge in [-0.15, -0.1) is 11.3 Å². The molecular formula is C15H15N3S2. The average Bonchev–Trinajstić information content (AvgIpc) is 3.04. The first kappa shape index (κ1) is 13.3. The minimum absolute atomic E-state index is 0.761. The molecule has 0 unspecified atom stereocenters. The molecule has 2 heterocycles. The molecule has 0 aliphatic rings. The molecule has 0 fully saturated rings. The van der Waals surface area contributed by atoms with E-state index in [0.717, 1.165) is 34.1 Å². The van der Waals surface area contributed by atoms with Gasteiger partial charge >= 0.3 is 0 Å². The molecule has 0 saturated carbocycles. The Kier molecular flexibility index (Phi) is 3.80. The molecule has 3 aromatic rings. The van der Waals surface area contributed by atoms with Crippen LogP contribution in [0, 0.1) is 11.7 Å². The Morgan fingerprint density at radius 1 is 1.30 bits per heavy atom. The van der Waals surface area contributed by atoms with Crippen molar-refractivity contribution >= 4 is 23.6 Å². The molecule has 20 heavy (non-hydrogen) atoms. The summed E-state index contributed by atoms with van der Waals surface area (Å²) >= 11 is 7.09. The van der Waals surface area contributed by atoms with Crippen LogP contribution in [-0.2, 0) is 13.0 Å². The topological polar surface area (TPSA) is 33.6 Å². The van der Waals surface area contributed by atoms with E-state index in [1.54, 1.807) is 11.3 Å². The standard InChI is InChI=1S/C15H15N3S2/c1-11-10-20-14(17-11)7-8-18-13(9-16-15(18)19)12-5-3-2-4-6-12/h2-6,9-10H,7-8H2,1H3,(H,16,19). The van der Waals surface area contributed by atoms with Crippen molar-refractivity contribution in [3.63, 3.8) is 0 Å². The summed E-state index contributed by atoms with van der Waals surface area (Å²) in [5, 5.41) is 3.24. The van der Waals surface area contributed by atoms with E-state index in [1.807, 2.05) is 31.3 Å². The van der Waals surface area contributed by atoms with Crippen LogP contribution >= 0.6 is 23.6 Å². The van der Waals surface area contributed by atoms with Gasteiger partial charge in [-0.05, 0) is 24.7 Å². The van der Waals surface area contributed by atoms with Crippen LogP contribution in [0.4, 0.5) is 0 Å². The van der Waals surface area contributed by atoms with Crippen molar-refractivity contribution in [2.45, 2.75) is 19.9 Å². The van der Waals surface area contributed by atoms with Gasteiger partial charge in [0.2, 0.25) is 0 Å².